The van der Waals surface area contributed by atoms with Crippen LogP contribution in [0.1, 0.15) is 167 Å². The van der Waals surface area contributed by atoms with Gasteiger partial charge in [-0.1, -0.05) is 150 Å². The lowest BCUT2D eigenvalue weighted by atomic mass is 9.77. The molecule has 1 aromatic carbocycles. The summed E-state index contributed by atoms with van der Waals surface area (Å²) in [4.78, 5) is 33.8. The van der Waals surface area contributed by atoms with Gasteiger partial charge in [0.25, 0.3) is 0 Å². The first-order valence-corrected chi connectivity index (χ1v) is 16.2. The molecule has 0 aliphatic rings. The summed E-state index contributed by atoms with van der Waals surface area (Å²) in [6.07, 6.45) is 20.0. The number of aliphatic hydroxyl groups is 1. The summed E-state index contributed by atoms with van der Waals surface area (Å²) in [5.74, 6) is -1.02. The molecule has 0 aliphatic heterocycles. The molecule has 5 nitrogen and oxygen atoms in total. The Morgan fingerprint density at radius 1 is 0.675 bits per heavy atom. The van der Waals surface area contributed by atoms with Crippen LogP contribution in [-0.2, 0) is 36.6 Å². The monoisotopic (exact) mass is 560 g/mol. The fourth-order valence-electron chi connectivity index (χ4n) is 5.06. The second-order valence-electron chi connectivity index (χ2n) is 13.3. The number of aliphatic hydroxyl groups excluding tert-OH is 1. The molecule has 0 saturated heterocycles. The summed E-state index contributed by atoms with van der Waals surface area (Å²) in [5.41, 5.74) is 2.83. The number of rotatable bonds is 21. The van der Waals surface area contributed by atoms with Gasteiger partial charge in [0.15, 0.2) is 0 Å². The molecule has 0 fully saturated rings. The van der Waals surface area contributed by atoms with Crippen LogP contribution in [0.4, 0.5) is 0 Å². The molecule has 40 heavy (non-hydrogen) atoms. The zero-order valence-electron chi connectivity index (χ0n) is 26.7. The van der Waals surface area contributed by atoms with E-state index in [1.54, 1.807) is 0 Å². The first-order valence-electron chi connectivity index (χ1n) is 16.2. The highest BCUT2D eigenvalue weighted by Crippen LogP contribution is 2.32. The van der Waals surface area contributed by atoms with Crippen molar-refractivity contribution < 1.29 is 24.5 Å². The fraction of sp³-hybridized carbons (Fsp3) is 0.771. The van der Waals surface area contributed by atoms with Crippen LogP contribution in [0.5, 0.6) is 0 Å². The summed E-state index contributed by atoms with van der Waals surface area (Å²) in [5, 5.41) is 9.75. The number of carbonyl (C=O) groups is 2. The Labute approximate surface area is 245 Å². The molecule has 0 saturated carbocycles. The average Bonchev–Trinajstić information content (AvgIpc) is 2.92. The van der Waals surface area contributed by atoms with Crippen molar-refractivity contribution in [2.75, 3.05) is 6.61 Å². The third-order valence-corrected chi connectivity index (χ3v) is 7.91. The molecule has 0 radical (unpaired) electrons. The minimum absolute atomic E-state index is 0.0625. The Bertz CT molecular complexity index is 837. The van der Waals surface area contributed by atoms with Gasteiger partial charge in [-0.05, 0) is 34.9 Å². The van der Waals surface area contributed by atoms with Crippen LogP contribution in [0, 0.1) is 0 Å². The zero-order valence-corrected chi connectivity index (χ0v) is 26.7. The lowest BCUT2D eigenvalue weighted by Crippen LogP contribution is -2.24. The quantitative estimate of drug-likeness (QED) is 0.0921. The number of benzene rings is 1. The predicted octanol–water partition coefficient (Wildman–Crippen LogP) is 9.45. The summed E-state index contributed by atoms with van der Waals surface area (Å²) in [6.45, 7) is 12.8. The summed E-state index contributed by atoms with van der Waals surface area (Å²) in [6, 6.07) is 6.18. The number of aryl methyl sites for hydroxylation is 1. The van der Waals surface area contributed by atoms with Crippen molar-refractivity contribution in [3.63, 3.8) is 0 Å². The van der Waals surface area contributed by atoms with E-state index in [4.69, 9.17) is 9.78 Å². The molecular formula is C35H60O5. The average molecular weight is 561 g/mol. The Balaban J connectivity index is 2.16. The van der Waals surface area contributed by atoms with E-state index >= 15 is 0 Å². The number of hydrogen-bond donors (Lipinski definition) is 1. The van der Waals surface area contributed by atoms with Crippen LogP contribution >= 0.6 is 0 Å². The molecular weight excluding hydrogens is 500 g/mol. The smallest absolute Gasteiger partial charge is 0.355 e. The maximum Gasteiger partial charge on any atom is 0.355 e. The molecule has 0 unspecified atom stereocenters. The Hall–Kier alpha value is -1.88. The van der Waals surface area contributed by atoms with Gasteiger partial charge in [-0.25, -0.2) is 19.4 Å². The first kappa shape index (κ1) is 36.1. The molecule has 0 spiro atoms. The van der Waals surface area contributed by atoms with E-state index in [0.717, 1.165) is 36.0 Å². The van der Waals surface area contributed by atoms with Crippen LogP contribution < -0.4 is 0 Å². The standard InChI is InChI=1S/C35H60O5/c1-7-8-9-10-11-12-13-14-15-16-17-18-19-20-21-22-32(37)39-40-33(38)26-24-29-23-25-30(35(5,6)28-36)27-31(29)34(2,3)4/h23,25,27,36H,7-22,24,26,28H2,1-6H3. The van der Waals surface area contributed by atoms with E-state index in [1.807, 2.05) is 26.0 Å². The molecule has 0 aliphatic carbocycles. The summed E-state index contributed by atoms with van der Waals surface area (Å²) < 4.78 is 0. The molecule has 0 atom stereocenters. The van der Waals surface area contributed by atoms with Crippen LogP contribution in [0.3, 0.4) is 0 Å². The highest BCUT2D eigenvalue weighted by Gasteiger charge is 2.25. The van der Waals surface area contributed by atoms with Crippen molar-refractivity contribution >= 4 is 11.9 Å². The maximum absolute atomic E-state index is 12.2. The van der Waals surface area contributed by atoms with Crippen molar-refractivity contribution in [1.82, 2.24) is 0 Å². The maximum atomic E-state index is 12.2. The van der Waals surface area contributed by atoms with Crippen molar-refractivity contribution in [2.45, 2.75) is 168 Å². The highest BCUT2D eigenvalue weighted by atomic mass is 17.2. The van der Waals surface area contributed by atoms with Gasteiger partial charge >= 0.3 is 11.9 Å². The van der Waals surface area contributed by atoms with Gasteiger partial charge in [0.05, 0.1) is 19.4 Å². The highest BCUT2D eigenvalue weighted by molar-refractivity contribution is 5.73. The van der Waals surface area contributed by atoms with Crippen molar-refractivity contribution in [3.8, 4) is 0 Å². The number of hydrogen-bond acceptors (Lipinski definition) is 5. The molecule has 1 rings (SSSR count). The lowest BCUT2D eigenvalue weighted by molar-refractivity contribution is -0.259. The third-order valence-electron chi connectivity index (χ3n) is 7.91. The van der Waals surface area contributed by atoms with Crippen LogP contribution in [0.2, 0.25) is 0 Å². The summed E-state index contributed by atoms with van der Waals surface area (Å²) >= 11 is 0. The fourth-order valence-corrected chi connectivity index (χ4v) is 5.06. The van der Waals surface area contributed by atoms with E-state index < -0.39 is 11.9 Å². The van der Waals surface area contributed by atoms with E-state index in [2.05, 4.69) is 33.8 Å². The SMILES string of the molecule is CCCCCCCCCCCCCCCCCC(=O)OOC(=O)CCc1ccc(C(C)(C)CO)cc1C(C)(C)C. The van der Waals surface area contributed by atoms with Gasteiger partial charge in [-0.3, -0.25) is 0 Å². The van der Waals surface area contributed by atoms with Crippen LogP contribution in [-0.4, -0.2) is 23.7 Å². The minimum Gasteiger partial charge on any atom is -0.395 e. The second kappa shape index (κ2) is 20.1. The van der Waals surface area contributed by atoms with Gasteiger partial charge in [-0.2, -0.15) is 0 Å². The molecule has 0 amide bonds. The largest absolute Gasteiger partial charge is 0.395 e. The predicted molar refractivity (Wildman–Crippen MR) is 165 cm³/mol. The topological polar surface area (TPSA) is 72.8 Å². The van der Waals surface area contributed by atoms with Gasteiger partial charge in [0.1, 0.15) is 0 Å². The first-order chi connectivity index (χ1) is 19.0. The summed E-state index contributed by atoms with van der Waals surface area (Å²) in [7, 11) is 0. The molecule has 5 heteroatoms. The van der Waals surface area contributed by atoms with E-state index in [-0.39, 0.29) is 30.3 Å². The molecule has 0 heterocycles. The molecule has 230 valence electrons. The Kier molecular flexibility index (Phi) is 18.1. The molecule has 0 bridgehead atoms. The van der Waals surface area contributed by atoms with Crippen LogP contribution in [0.25, 0.3) is 0 Å². The molecule has 0 aromatic heterocycles. The van der Waals surface area contributed by atoms with E-state index in [0.29, 0.717) is 6.42 Å². The number of carbonyl (C=O) groups excluding carboxylic acids is 2. The normalized spacial score (nSPS) is 12.0. The van der Waals surface area contributed by atoms with Gasteiger partial charge in [0, 0.05) is 5.41 Å². The second-order valence-corrected chi connectivity index (χ2v) is 13.3. The van der Waals surface area contributed by atoms with Crippen molar-refractivity contribution in [3.05, 3.63) is 34.9 Å². The zero-order chi connectivity index (χ0) is 29.9. The Morgan fingerprint density at radius 2 is 1.12 bits per heavy atom. The van der Waals surface area contributed by atoms with Crippen LogP contribution in [0.15, 0.2) is 18.2 Å². The van der Waals surface area contributed by atoms with Gasteiger partial charge < -0.3 is 5.11 Å². The number of unbranched alkanes of at least 4 members (excludes halogenated alkanes) is 14. The van der Waals surface area contributed by atoms with Crippen molar-refractivity contribution in [1.29, 1.82) is 0 Å². The van der Waals surface area contributed by atoms with Gasteiger partial charge in [-0.15, -0.1) is 0 Å². The lowest BCUT2D eigenvalue weighted by Gasteiger charge is -2.28. The van der Waals surface area contributed by atoms with E-state index in [9.17, 15) is 14.7 Å². The molecule has 1 N–H and O–H groups in total. The van der Waals surface area contributed by atoms with Crippen molar-refractivity contribution in [2.24, 2.45) is 0 Å². The Morgan fingerprint density at radius 3 is 1.57 bits per heavy atom. The van der Waals surface area contributed by atoms with Gasteiger partial charge in [0.2, 0.25) is 0 Å². The molecule has 1 aromatic rings. The minimum atomic E-state index is -0.538. The van der Waals surface area contributed by atoms with E-state index in [1.165, 1.54) is 77.0 Å². The third kappa shape index (κ3) is 15.8.